The third kappa shape index (κ3) is 6.06. The van der Waals surface area contributed by atoms with Gasteiger partial charge in [0.2, 0.25) is 0 Å². The molecule has 2 aliphatic heterocycles. The minimum Gasteiger partial charge on any atom is -0.490 e. The number of halogens is 2. The van der Waals surface area contributed by atoms with E-state index in [0.717, 1.165) is 25.9 Å². The van der Waals surface area contributed by atoms with Crippen LogP contribution in [-0.4, -0.2) is 61.1 Å². The molecule has 8 heteroatoms. The molecule has 38 heavy (non-hydrogen) atoms. The Morgan fingerprint density at radius 2 is 1.82 bits per heavy atom. The van der Waals surface area contributed by atoms with Gasteiger partial charge in [0.25, 0.3) is 5.91 Å². The molecular weight excluding hydrogens is 488 g/mol. The summed E-state index contributed by atoms with van der Waals surface area (Å²) < 4.78 is 35.7. The van der Waals surface area contributed by atoms with Gasteiger partial charge in [0.15, 0.2) is 11.6 Å². The van der Waals surface area contributed by atoms with E-state index in [0.29, 0.717) is 42.9 Å². The smallest absolute Gasteiger partial charge is 0.254 e. The summed E-state index contributed by atoms with van der Waals surface area (Å²) in [5.74, 6) is -0.887. The van der Waals surface area contributed by atoms with Gasteiger partial charge in [-0.05, 0) is 92.8 Å². The van der Waals surface area contributed by atoms with Gasteiger partial charge in [0.1, 0.15) is 11.9 Å². The number of carbonyl (C=O) groups is 1. The van der Waals surface area contributed by atoms with E-state index in [1.165, 1.54) is 48.9 Å². The average molecular weight is 526 g/mol. The van der Waals surface area contributed by atoms with Crippen LogP contribution in [-0.2, 0) is 0 Å². The van der Waals surface area contributed by atoms with Crippen LogP contribution >= 0.6 is 0 Å². The Hall–Kier alpha value is -2.87. The number of ether oxygens (including phenoxy) is 1. The maximum atomic E-state index is 15.0. The van der Waals surface area contributed by atoms with E-state index in [9.17, 15) is 18.5 Å². The van der Waals surface area contributed by atoms with E-state index >= 15 is 0 Å². The number of nitrogens with zero attached hydrogens (tertiary/aromatic N) is 3. The molecule has 0 bridgehead atoms. The zero-order chi connectivity index (χ0) is 26.7. The van der Waals surface area contributed by atoms with Crippen LogP contribution in [0.1, 0.15) is 62.2 Å². The van der Waals surface area contributed by atoms with Gasteiger partial charge in [-0.1, -0.05) is 30.7 Å². The van der Waals surface area contributed by atoms with Crippen LogP contribution in [0.2, 0.25) is 0 Å². The molecule has 1 saturated carbocycles. The van der Waals surface area contributed by atoms with E-state index in [1.54, 1.807) is 18.2 Å². The van der Waals surface area contributed by atoms with E-state index in [4.69, 9.17) is 4.74 Å². The summed E-state index contributed by atoms with van der Waals surface area (Å²) in [5, 5.41) is 3.05. The normalized spacial score (nSPS) is 22.1. The summed E-state index contributed by atoms with van der Waals surface area (Å²) in [5.41, 5.74) is 1.29. The van der Waals surface area contributed by atoms with Crippen LogP contribution in [0.3, 0.4) is 0 Å². The summed E-state index contributed by atoms with van der Waals surface area (Å²) in [6, 6.07) is 8.27. The Bertz CT molecular complexity index is 1160. The van der Waals surface area contributed by atoms with Crippen molar-refractivity contribution in [2.24, 2.45) is 16.5 Å². The minimum absolute atomic E-state index is 0.175. The number of benzene rings is 2. The molecule has 1 aliphatic carbocycles. The topological polar surface area (TPSA) is 62.2 Å². The number of amides is 1. The predicted octanol–water partition coefficient (Wildman–Crippen LogP) is 6.28. The number of nitroso groups, excluding NO2 is 1. The summed E-state index contributed by atoms with van der Waals surface area (Å²) in [6.45, 7) is 6.93. The van der Waals surface area contributed by atoms with E-state index in [-0.39, 0.29) is 29.3 Å². The van der Waals surface area contributed by atoms with Crippen molar-refractivity contribution in [3.63, 3.8) is 0 Å². The monoisotopic (exact) mass is 525 g/mol. The third-order valence-corrected chi connectivity index (χ3v) is 8.64. The highest BCUT2D eigenvalue weighted by Gasteiger charge is 2.34. The van der Waals surface area contributed by atoms with Gasteiger partial charge in [-0.15, -0.1) is 0 Å². The summed E-state index contributed by atoms with van der Waals surface area (Å²) in [6.07, 6.45) is 7.46. The second kappa shape index (κ2) is 11.5. The van der Waals surface area contributed by atoms with Crippen LogP contribution < -0.4 is 4.74 Å². The van der Waals surface area contributed by atoms with Gasteiger partial charge in [-0.3, -0.25) is 4.79 Å². The molecular formula is C30H37F2N3O3. The molecule has 6 nitrogen and oxygen atoms in total. The number of carbonyl (C=O) groups excluding carboxylic acids is 1. The molecule has 3 fully saturated rings. The second-order valence-electron chi connectivity index (χ2n) is 11.7. The molecule has 2 heterocycles. The maximum absolute atomic E-state index is 15.0. The molecule has 204 valence electrons. The molecule has 1 atom stereocenters. The zero-order valence-electron chi connectivity index (χ0n) is 22.1. The number of piperidine rings is 2. The van der Waals surface area contributed by atoms with Crippen LogP contribution in [0.5, 0.6) is 5.75 Å². The Kier molecular flexibility index (Phi) is 8.07. The minimum atomic E-state index is -0.603. The Morgan fingerprint density at radius 3 is 2.47 bits per heavy atom. The van der Waals surface area contributed by atoms with Crippen LogP contribution in [0.15, 0.2) is 41.6 Å². The first kappa shape index (κ1) is 26.7. The van der Waals surface area contributed by atoms with Crippen molar-refractivity contribution in [2.75, 3.05) is 39.3 Å². The fraction of sp³-hybridized carbons (Fsp3) is 0.567. The fourth-order valence-corrected chi connectivity index (χ4v) is 6.07. The molecule has 2 aromatic carbocycles. The van der Waals surface area contributed by atoms with Gasteiger partial charge in [0.05, 0.1) is 6.61 Å². The van der Waals surface area contributed by atoms with Crippen LogP contribution in [0.25, 0.3) is 11.1 Å². The molecule has 0 spiro atoms. The molecule has 5 rings (SSSR count). The van der Waals surface area contributed by atoms with E-state index in [1.807, 2.05) is 0 Å². The Morgan fingerprint density at radius 1 is 1.03 bits per heavy atom. The number of hydrogen-bond acceptors (Lipinski definition) is 5. The fourth-order valence-electron chi connectivity index (χ4n) is 6.07. The SMILES string of the molecule is CC1(CN2CCC(COc3ccc(-c4ccc(C(=O)N5CCC[C@H](N=O)C5)cc4F)cc3F)CC2)CCC1. The third-order valence-electron chi connectivity index (χ3n) is 8.64. The van der Waals surface area contributed by atoms with Gasteiger partial charge >= 0.3 is 0 Å². The first-order valence-corrected chi connectivity index (χ1v) is 13.9. The number of rotatable bonds is 8. The first-order valence-electron chi connectivity index (χ1n) is 13.9. The van der Waals surface area contributed by atoms with Crippen molar-refractivity contribution < 1.29 is 18.3 Å². The van der Waals surface area contributed by atoms with Crippen LogP contribution in [0.4, 0.5) is 8.78 Å². The number of likely N-dealkylation sites (tertiary alicyclic amines) is 2. The van der Waals surface area contributed by atoms with Crippen molar-refractivity contribution >= 4 is 5.91 Å². The molecule has 0 unspecified atom stereocenters. The molecule has 3 aliphatic rings. The molecule has 2 aromatic rings. The summed E-state index contributed by atoms with van der Waals surface area (Å²) >= 11 is 0. The van der Waals surface area contributed by atoms with Gasteiger partial charge < -0.3 is 14.5 Å². The van der Waals surface area contributed by atoms with Crippen molar-refractivity contribution in [3.05, 3.63) is 58.5 Å². The Labute approximate surface area is 223 Å². The molecule has 0 radical (unpaired) electrons. The quantitative estimate of drug-likeness (QED) is 0.381. The maximum Gasteiger partial charge on any atom is 0.254 e. The van der Waals surface area contributed by atoms with Crippen molar-refractivity contribution in [1.82, 2.24) is 9.80 Å². The lowest BCUT2D eigenvalue weighted by atomic mass is 9.70. The molecule has 0 aromatic heterocycles. The van der Waals surface area contributed by atoms with Crippen LogP contribution in [0, 0.1) is 27.9 Å². The van der Waals surface area contributed by atoms with Gasteiger partial charge in [-0.25, -0.2) is 8.78 Å². The summed E-state index contributed by atoms with van der Waals surface area (Å²) in [7, 11) is 0. The lowest BCUT2D eigenvalue weighted by molar-refractivity contribution is 0.0561. The first-order chi connectivity index (χ1) is 18.3. The standard InChI is InChI=1S/C30H37F2N3O3/c1-30(11-3-12-30)20-34-14-9-21(10-15-34)19-38-28-8-6-22(16-27(28)32)25-7-5-23(17-26(25)31)29(36)35-13-2-4-24(18-35)33-37/h5-8,16-17,21,24H,2-4,9-15,18-20H2,1H3/t24-/m0/s1. The van der Waals surface area contributed by atoms with E-state index < -0.39 is 17.7 Å². The lowest BCUT2D eigenvalue weighted by Gasteiger charge is -2.44. The summed E-state index contributed by atoms with van der Waals surface area (Å²) in [4.78, 5) is 27.8. The highest BCUT2D eigenvalue weighted by molar-refractivity contribution is 5.95. The lowest BCUT2D eigenvalue weighted by Crippen LogP contribution is -2.44. The van der Waals surface area contributed by atoms with Crippen molar-refractivity contribution in [2.45, 2.75) is 57.9 Å². The van der Waals surface area contributed by atoms with Gasteiger partial charge in [0, 0.05) is 30.8 Å². The highest BCUT2D eigenvalue weighted by atomic mass is 19.1. The molecule has 1 amide bonds. The number of hydrogen-bond donors (Lipinski definition) is 0. The average Bonchev–Trinajstić information content (AvgIpc) is 2.92. The Balaban J connectivity index is 1.16. The zero-order valence-corrected chi connectivity index (χ0v) is 22.1. The highest BCUT2D eigenvalue weighted by Crippen LogP contribution is 2.41. The predicted molar refractivity (Wildman–Crippen MR) is 143 cm³/mol. The second-order valence-corrected chi connectivity index (χ2v) is 11.7. The van der Waals surface area contributed by atoms with E-state index in [2.05, 4.69) is 17.0 Å². The van der Waals surface area contributed by atoms with Crippen molar-refractivity contribution in [3.8, 4) is 16.9 Å². The molecule has 0 N–H and O–H groups in total. The molecule has 2 saturated heterocycles. The largest absolute Gasteiger partial charge is 0.490 e. The van der Waals surface area contributed by atoms with Crippen molar-refractivity contribution in [1.29, 1.82) is 0 Å². The van der Waals surface area contributed by atoms with Gasteiger partial charge in [-0.2, -0.15) is 4.91 Å².